The van der Waals surface area contributed by atoms with Gasteiger partial charge in [-0.2, -0.15) is 5.10 Å². The monoisotopic (exact) mass is 384 g/mol. The van der Waals surface area contributed by atoms with Gasteiger partial charge in [0.1, 0.15) is 12.4 Å². The Hall–Kier alpha value is -3.66. The number of carbonyl (C=O) groups is 1. The highest BCUT2D eigenvalue weighted by Gasteiger charge is 2.18. The molecule has 0 atom stereocenters. The van der Waals surface area contributed by atoms with E-state index in [1.165, 1.54) is 0 Å². The summed E-state index contributed by atoms with van der Waals surface area (Å²) in [4.78, 5) is 12.7. The van der Waals surface area contributed by atoms with Crippen LogP contribution in [0.2, 0.25) is 0 Å². The van der Waals surface area contributed by atoms with Crippen molar-refractivity contribution in [3.05, 3.63) is 114 Å². The molecule has 146 valence electrons. The van der Waals surface area contributed by atoms with E-state index < -0.39 is 0 Å². The largest absolute Gasteiger partial charge is 0.489 e. The minimum absolute atomic E-state index is 0.0510. The molecule has 0 heterocycles. The van der Waals surface area contributed by atoms with Crippen molar-refractivity contribution < 1.29 is 9.53 Å². The smallest absolute Gasteiger partial charge is 0.275 e. The zero-order valence-corrected chi connectivity index (χ0v) is 16.4. The number of hydrogen-bond donors (Lipinski definition) is 1. The van der Waals surface area contributed by atoms with E-state index in [1.54, 1.807) is 24.3 Å². The molecule has 3 aromatic carbocycles. The molecule has 29 heavy (non-hydrogen) atoms. The van der Waals surface area contributed by atoms with Crippen molar-refractivity contribution in [3.63, 3.8) is 0 Å². The van der Waals surface area contributed by atoms with Crippen molar-refractivity contribution in [3.8, 4) is 5.75 Å². The predicted octanol–water partition coefficient (Wildman–Crippen LogP) is 5.19. The summed E-state index contributed by atoms with van der Waals surface area (Å²) in [6.07, 6.45) is 1.64. The summed E-state index contributed by atoms with van der Waals surface area (Å²) in [7, 11) is 0. The number of hydrazone groups is 1. The van der Waals surface area contributed by atoms with Crippen LogP contribution in [0.5, 0.6) is 5.75 Å². The molecule has 0 aliphatic carbocycles. The summed E-state index contributed by atoms with van der Waals surface area (Å²) >= 11 is 0. The molecular formula is C25H24N2O2. The minimum Gasteiger partial charge on any atom is -0.489 e. The van der Waals surface area contributed by atoms with E-state index in [4.69, 9.17) is 4.74 Å². The van der Waals surface area contributed by atoms with E-state index in [0.717, 1.165) is 16.8 Å². The van der Waals surface area contributed by atoms with Gasteiger partial charge in [-0.25, -0.2) is 5.43 Å². The van der Waals surface area contributed by atoms with Gasteiger partial charge in [-0.05, 0) is 30.2 Å². The Balaban J connectivity index is 1.85. The van der Waals surface area contributed by atoms with Crippen LogP contribution in [0.4, 0.5) is 0 Å². The summed E-state index contributed by atoms with van der Waals surface area (Å²) < 4.78 is 5.57. The van der Waals surface area contributed by atoms with Gasteiger partial charge in [0, 0.05) is 11.6 Å². The van der Waals surface area contributed by atoms with Crippen LogP contribution in [0.15, 0.2) is 103 Å². The molecule has 0 saturated carbocycles. The number of nitrogens with zero attached hydrogens (tertiary/aromatic N) is 1. The molecule has 1 N–H and O–H groups in total. The number of nitrogens with one attached hydrogen (secondary N) is 1. The standard InChI is InChI=1S/C25H24N2O2/c1-3-18-29-23-17-11-10-16-22(23)25(28)27-26-19(2)24(20-12-6-4-7-13-20)21-14-8-5-9-15-21/h3-17,24H,1,18H2,2H3,(H,27,28)/b26-19+. The molecule has 3 aromatic rings. The zero-order chi connectivity index (χ0) is 20.5. The van der Waals surface area contributed by atoms with E-state index in [2.05, 4.69) is 41.4 Å². The zero-order valence-electron chi connectivity index (χ0n) is 16.4. The first kappa shape index (κ1) is 20.1. The molecule has 4 nitrogen and oxygen atoms in total. The summed E-state index contributed by atoms with van der Waals surface area (Å²) in [6.45, 7) is 5.89. The van der Waals surface area contributed by atoms with E-state index in [1.807, 2.05) is 49.4 Å². The van der Waals surface area contributed by atoms with E-state index in [-0.39, 0.29) is 11.8 Å². The number of hydrogen-bond acceptors (Lipinski definition) is 3. The normalized spacial score (nSPS) is 11.2. The highest BCUT2D eigenvalue weighted by Crippen LogP contribution is 2.26. The molecule has 0 aliphatic rings. The Morgan fingerprint density at radius 3 is 2.10 bits per heavy atom. The average Bonchev–Trinajstić information content (AvgIpc) is 2.78. The topological polar surface area (TPSA) is 50.7 Å². The quantitative estimate of drug-likeness (QED) is 0.330. The molecule has 4 heteroatoms. The number of benzene rings is 3. The fourth-order valence-electron chi connectivity index (χ4n) is 3.16. The summed E-state index contributed by atoms with van der Waals surface area (Å²) in [5.74, 6) is 0.134. The van der Waals surface area contributed by atoms with Crippen LogP contribution >= 0.6 is 0 Å². The lowest BCUT2D eigenvalue weighted by molar-refractivity contribution is 0.0951. The van der Waals surface area contributed by atoms with Crippen molar-refractivity contribution in [2.45, 2.75) is 12.8 Å². The van der Waals surface area contributed by atoms with Gasteiger partial charge in [-0.3, -0.25) is 4.79 Å². The summed E-state index contributed by atoms with van der Waals surface area (Å²) in [5.41, 5.74) is 6.13. The lowest BCUT2D eigenvalue weighted by Gasteiger charge is -2.18. The first-order valence-electron chi connectivity index (χ1n) is 9.48. The third kappa shape index (κ3) is 5.20. The van der Waals surface area contributed by atoms with Gasteiger partial charge in [0.2, 0.25) is 0 Å². The van der Waals surface area contributed by atoms with Gasteiger partial charge >= 0.3 is 0 Å². The Morgan fingerprint density at radius 2 is 1.52 bits per heavy atom. The Morgan fingerprint density at radius 1 is 0.966 bits per heavy atom. The van der Waals surface area contributed by atoms with Crippen LogP contribution in [0.25, 0.3) is 0 Å². The van der Waals surface area contributed by atoms with Gasteiger partial charge in [0.15, 0.2) is 0 Å². The van der Waals surface area contributed by atoms with E-state index in [9.17, 15) is 4.79 Å². The first-order chi connectivity index (χ1) is 14.2. The number of rotatable bonds is 8. The molecule has 0 fully saturated rings. The summed E-state index contributed by atoms with van der Waals surface area (Å²) in [5, 5.41) is 4.42. The number of amides is 1. The molecular weight excluding hydrogens is 360 g/mol. The maximum atomic E-state index is 12.7. The Labute approximate surface area is 171 Å². The maximum Gasteiger partial charge on any atom is 0.275 e. The lowest BCUT2D eigenvalue weighted by Crippen LogP contribution is -2.22. The van der Waals surface area contributed by atoms with Crippen molar-refractivity contribution in [2.75, 3.05) is 6.61 Å². The van der Waals surface area contributed by atoms with Crippen molar-refractivity contribution >= 4 is 11.6 Å². The molecule has 1 amide bonds. The summed E-state index contributed by atoms with van der Waals surface area (Å²) in [6, 6.07) is 27.3. The molecule has 0 spiro atoms. The molecule has 0 radical (unpaired) electrons. The lowest BCUT2D eigenvalue weighted by atomic mass is 9.88. The number of carbonyl (C=O) groups excluding carboxylic acids is 1. The first-order valence-corrected chi connectivity index (χ1v) is 9.48. The van der Waals surface area contributed by atoms with Crippen LogP contribution in [-0.4, -0.2) is 18.2 Å². The third-order valence-corrected chi connectivity index (χ3v) is 4.51. The van der Waals surface area contributed by atoms with Gasteiger partial charge in [0.25, 0.3) is 5.91 Å². The fraction of sp³-hybridized carbons (Fsp3) is 0.120. The molecule has 0 aromatic heterocycles. The highest BCUT2D eigenvalue weighted by molar-refractivity contribution is 5.98. The number of ether oxygens (including phenoxy) is 1. The van der Waals surface area contributed by atoms with Gasteiger partial charge in [-0.1, -0.05) is 85.5 Å². The third-order valence-electron chi connectivity index (χ3n) is 4.51. The second kappa shape index (κ2) is 10.0. The van der Waals surface area contributed by atoms with Gasteiger partial charge in [-0.15, -0.1) is 0 Å². The van der Waals surface area contributed by atoms with Crippen LogP contribution in [-0.2, 0) is 0 Å². The molecule has 0 aliphatic heterocycles. The van der Waals surface area contributed by atoms with Crippen LogP contribution < -0.4 is 10.2 Å². The molecule has 3 rings (SSSR count). The van der Waals surface area contributed by atoms with Gasteiger partial charge < -0.3 is 4.74 Å². The Kier molecular flexibility index (Phi) is 6.95. The molecule has 0 unspecified atom stereocenters. The van der Waals surface area contributed by atoms with E-state index >= 15 is 0 Å². The predicted molar refractivity (Wildman–Crippen MR) is 117 cm³/mol. The SMILES string of the molecule is C=CCOc1ccccc1C(=O)N/N=C(\C)C(c1ccccc1)c1ccccc1. The van der Waals surface area contributed by atoms with Crippen LogP contribution in [0.3, 0.4) is 0 Å². The molecule has 0 bridgehead atoms. The maximum absolute atomic E-state index is 12.7. The second-order valence-corrected chi connectivity index (χ2v) is 6.54. The highest BCUT2D eigenvalue weighted by atomic mass is 16.5. The van der Waals surface area contributed by atoms with Gasteiger partial charge in [0.05, 0.1) is 5.56 Å². The Bertz CT molecular complexity index is 942. The van der Waals surface area contributed by atoms with Crippen molar-refractivity contribution in [1.82, 2.24) is 5.43 Å². The van der Waals surface area contributed by atoms with E-state index in [0.29, 0.717) is 17.9 Å². The molecule has 0 saturated heterocycles. The van der Waals surface area contributed by atoms with Crippen molar-refractivity contribution in [1.29, 1.82) is 0 Å². The number of para-hydroxylation sites is 1. The van der Waals surface area contributed by atoms with Crippen LogP contribution in [0.1, 0.15) is 34.3 Å². The van der Waals surface area contributed by atoms with Crippen LogP contribution in [0, 0.1) is 0 Å². The van der Waals surface area contributed by atoms with Crippen molar-refractivity contribution in [2.24, 2.45) is 5.10 Å². The fourth-order valence-corrected chi connectivity index (χ4v) is 3.16. The average molecular weight is 384 g/mol. The second-order valence-electron chi connectivity index (χ2n) is 6.54. The minimum atomic E-state index is -0.316.